The van der Waals surface area contributed by atoms with E-state index in [1.165, 1.54) is 18.2 Å². The Labute approximate surface area is 211 Å². The lowest BCUT2D eigenvalue weighted by molar-refractivity contribution is 0.0725. The quantitative estimate of drug-likeness (QED) is 0.358. The summed E-state index contributed by atoms with van der Waals surface area (Å²) in [5.74, 6) is 0.342. The molecule has 8 heteroatoms. The first-order valence-corrected chi connectivity index (χ1v) is 12.6. The Bertz CT molecular complexity index is 1160. The first-order valence-electron chi connectivity index (χ1n) is 12.6. The predicted octanol–water partition coefficient (Wildman–Crippen LogP) is 6.50. The van der Waals surface area contributed by atoms with Gasteiger partial charge in [0.05, 0.1) is 24.1 Å². The minimum Gasteiger partial charge on any atom is -0.467 e. The monoisotopic (exact) mass is 492 g/mol. The van der Waals surface area contributed by atoms with Crippen LogP contribution in [0.2, 0.25) is 0 Å². The summed E-state index contributed by atoms with van der Waals surface area (Å²) in [4.78, 5) is 30.3. The fourth-order valence-electron chi connectivity index (χ4n) is 4.41. The third-order valence-electron chi connectivity index (χ3n) is 6.26. The van der Waals surface area contributed by atoms with E-state index >= 15 is 0 Å². The van der Waals surface area contributed by atoms with Crippen molar-refractivity contribution in [3.8, 4) is 0 Å². The lowest BCUT2D eigenvalue weighted by Crippen LogP contribution is -2.37. The molecule has 1 saturated heterocycles. The van der Waals surface area contributed by atoms with Crippen molar-refractivity contribution in [1.82, 2.24) is 4.90 Å². The number of nitrogens with zero attached hydrogens (tertiary/aromatic N) is 2. The number of urea groups is 1. The molecule has 1 aliphatic heterocycles. The second kappa shape index (κ2) is 12.2. The Morgan fingerprint density at radius 3 is 2.47 bits per heavy atom. The molecule has 2 aromatic carbocycles. The molecule has 4 rings (SSSR count). The van der Waals surface area contributed by atoms with Crippen molar-refractivity contribution in [2.75, 3.05) is 35.2 Å². The van der Waals surface area contributed by atoms with Gasteiger partial charge in [-0.05, 0) is 74.2 Å². The maximum absolute atomic E-state index is 13.7. The SMILES string of the molecule is CCCCN(Cc1ccco1)c1ccc(NC(=O)Nc2cccc(F)c2)cc1C(=O)N1CCCCC1. The largest absolute Gasteiger partial charge is 0.467 e. The molecule has 0 spiro atoms. The molecule has 1 aliphatic rings. The predicted molar refractivity (Wildman–Crippen MR) is 140 cm³/mol. The molecule has 0 bridgehead atoms. The molecule has 1 aromatic heterocycles. The summed E-state index contributed by atoms with van der Waals surface area (Å²) >= 11 is 0. The van der Waals surface area contributed by atoms with Crippen LogP contribution in [0.4, 0.5) is 26.2 Å². The summed E-state index contributed by atoms with van der Waals surface area (Å²) in [5.41, 5.74) is 2.19. The average Bonchev–Trinajstić information content (AvgIpc) is 3.40. The van der Waals surface area contributed by atoms with E-state index in [1.807, 2.05) is 23.1 Å². The molecule has 0 radical (unpaired) electrons. The molecule has 0 aliphatic carbocycles. The molecule has 0 atom stereocenters. The van der Waals surface area contributed by atoms with Crippen LogP contribution >= 0.6 is 0 Å². The van der Waals surface area contributed by atoms with Crippen LogP contribution in [0.3, 0.4) is 0 Å². The van der Waals surface area contributed by atoms with Gasteiger partial charge >= 0.3 is 6.03 Å². The van der Waals surface area contributed by atoms with E-state index in [0.717, 1.165) is 63.2 Å². The summed E-state index contributed by atoms with van der Waals surface area (Å²) in [5, 5.41) is 5.41. The first kappa shape index (κ1) is 25.3. The van der Waals surface area contributed by atoms with Gasteiger partial charge in [-0.2, -0.15) is 0 Å². The number of anilines is 3. The van der Waals surface area contributed by atoms with Gasteiger partial charge in [0.1, 0.15) is 11.6 Å². The molecule has 0 saturated carbocycles. The van der Waals surface area contributed by atoms with Crippen LogP contribution in [0.1, 0.15) is 55.1 Å². The van der Waals surface area contributed by atoms with E-state index in [1.54, 1.807) is 24.5 Å². The van der Waals surface area contributed by atoms with E-state index in [2.05, 4.69) is 22.5 Å². The number of hydrogen-bond acceptors (Lipinski definition) is 4. The van der Waals surface area contributed by atoms with Crippen LogP contribution in [-0.2, 0) is 6.54 Å². The summed E-state index contributed by atoms with van der Waals surface area (Å²) in [6, 6.07) is 14.4. The number of benzene rings is 2. The minimum absolute atomic E-state index is 0.0418. The Morgan fingerprint density at radius 1 is 1.00 bits per heavy atom. The number of rotatable bonds is 9. The third kappa shape index (κ3) is 6.65. The number of likely N-dealkylation sites (tertiary alicyclic amines) is 1. The highest BCUT2D eigenvalue weighted by Crippen LogP contribution is 2.29. The number of carbonyl (C=O) groups is 2. The number of nitrogens with one attached hydrogen (secondary N) is 2. The Hall–Kier alpha value is -3.81. The number of carbonyl (C=O) groups excluding carboxylic acids is 2. The number of unbranched alkanes of at least 4 members (excludes halogenated alkanes) is 1. The maximum atomic E-state index is 13.7. The van der Waals surface area contributed by atoms with Gasteiger partial charge in [-0.25, -0.2) is 9.18 Å². The van der Waals surface area contributed by atoms with Crippen molar-refractivity contribution >= 4 is 29.0 Å². The fraction of sp³-hybridized carbons (Fsp3) is 0.357. The summed E-state index contributed by atoms with van der Waals surface area (Å²) in [6.45, 7) is 4.89. The van der Waals surface area contributed by atoms with E-state index < -0.39 is 11.8 Å². The van der Waals surface area contributed by atoms with Crippen LogP contribution in [0.5, 0.6) is 0 Å². The number of hydrogen-bond donors (Lipinski definition) is 2. The van der Waals surface area contributed by atoms with Gasteiger partial charge in [0.2, 0.25) is 0 Å². The molecule has 190 valence electrons. The Morgan fingerprint density at radius 2 is 1.78 bits per heavy atom. The molecule has 3 aromatic rings. The average molecular weight is 493 g/mol. The molecule has 0 unspecified atom stereocenters. The standard InChI is InChI=1S/C28H33FN4O3/c1-2-3-14-33(20-24-11-8-17-36-24)26-13-12-23(19-25(26)27(34)32-15-5-4-6-16-32)31-28(35)30-22-10-7-9-21(29)18-22/h7-13,17-19H,2-6,14-16,20H2,1H3,(H2,30,31,35). The Balaban J connectivity index is 1.61. The van der Waals surface area contributed by atoms with Crippen molar-refractivity contribution < 1.29 is 18.4 Å². The first-order chi connectivity index (χ1) is 17.5. The molecule has 2 N–H and O–H groups in total. The highest BCUT2D eigenvalue weighted by molar-refractivity contribution is 6.04. The van der Waals surface area contributed by atoms with Crippen LogP contribution in [0, 0.1) is 5.82 Å². The van der Waals surface area contributed by atoms with Crippen LogP contribution in [0.15, 0.2) is 65.3 Å². The highest BCUT2D eigenvalue weighted by Gasteiger charge is 2.24. The van der Waals surface area contributed by atoms with Crippen LogP contribution < -0.4 is 15.5 Å². The summed E-state index contributed by atoms with van der Waals surface area (Å²) in [6.07, 6.45) is 6.73. The second-order valence-corrected chi connectivity index (χ2v) is 9.03. The van der Waals surface area contributed by atoms with Crippen molar-refractivity contribution in [3.05, 3.63) is 78.0 Å². The molecule has 3 amide bonds. The van der Waals surface area contributed by atoms with Crippen LogP contribution in [-0.4, -0.2) is 36.5 Å². The van der Waals surface area contributed by atoms with Gasteiger partial charge in [-0.3, -0.25) is 4.79 Å². The van der Waals surface area contributed by atoms with Crippen LogP contribution in [0.25, 0.3) is 0 Å². The van der Waals surface area contributed by atoms with E-state index in [4.69, 9.17) is 4.42 Å². The number of halogens is 1. The highest BCUT2D eigenvalue weighted by atomic mass is 19.1. The van der Waals surface area contributed by atoms with E-state index in [-0.39, 0.29) is 5.91 Å². The molecule has 36 heavy (non-hydrogen) atoms. The molecular weight excluding hydrogens is 459 g/mol. The fourth-order valence-corrected chi connectivity index (χ4v) is 4.41. The van der Waals surface area contributed by atoms with Crippen molar-refractivity contribution in [2.45, 2.75) is 45.6 Å². The van der Waals surface area contributed by atoms with Gasteiger partial charge in [0.15, 0.2) is 0 Å². The lowest BCUT2D eigenvalue weighted by Gasteiger charge is -2.31. The van der Waals surface area contributed by atoms with E-state index in [0.29, 0.717) is 23.5 Å². The van der Waals surface area contributed by atoms with Gasteiger partial charge in [0.25, 0.3) is 5.91 Å². The molecular formula is C28H33FN4O3. The summed E-state index contributed by atoms with van der Waals surface area (Å²) in [7, 11) is 0. The van der Waals surface area contributed by atoms with Crippen molar-refractivity contribution in [3.63, 3.8) is 0 Å². The minimum atomic E-state index is -0.511. The topological polar surface area (TPSA) is 77.8 Å². The lowest BCUT2D eigenvalue weighted by atomic mass is 10.1. The number of piperidine rings is 1. The summed E-state index contributed by atoms with van der Waals surface area (Å²) < 4.78 is 19.1. The zero-order valence-electron chi connectivity index (χ0n) is 20.6. The van der Waals surface area contributed by atoms with Gasteiger partial charge < -0.3 is 24.9 Å². The zero-order valence-corrected chi connectivity index (χ0v) is 20.6. The van der Waals surface area contributed by atoms with Crippen molar-refractivity contribution in [1.29, 1.82) is 0 Å². The maximum Gasteiger partial charge on any atom is 0.323 e. The zero-order chi connectivity index (χ0) is 25.3. The van der Waals surface area contributed by atoms with Crippen molar-refractivity contribution in [2.24, 2.45) is 0 Å². The smallest absolute Gasteiger partial charge is 0.323 e. The van der Waals surface area contributed by atoms with E-state index in [9.17, 15) is 14.0 Å². The second-order valence-electron chi connectivity index (χ2n) is 9.03. The number of amides is 3. The number of furan rings is 1. The normalized spacial score (nSPS) is 13.3. The van der Waals surface area contributed by atoms with Gasteiger partial charge in [-0.1, -0.05) is 19.4 Å². The molecule has 2 heterocycles. The molecule has 1 fully saturated rings. The van der Waals surface area contributed by atoms with Gasteiger partial charge in [-0.15, -0.1) is 0 Å². The third-order valence-corrected chi connectivity index (χ3v) is 6.26. The Kier molecular flexibility index (Phi) is 8.60. The van der Waals surface area contributed by atoms with Gasteiger partial charge in [0, 0.05) is 31.0 Å². The molecule has 7 nitrogen and oxygen atoms in total.